The highest BCUT2D eigenvalue weighted by Gasteiger charge is 2.16. The number of anilines is 1. The number of hydrogen-bond donors (Lipinski definition) is 2. The number of nitrogens with one attached hydrogen (secondary N) is 2. The van der Waals surface area contributed by atoms with Crippen molar-refractivity contribution in [1.29, 1.82) is 0 Å². The van der Waals surface area contributed by atoms with Gasteiger partial charge in [-0.3, -0.25) is 14.2 Å². The zero-order valence-electron chi connectivity index (χ0n) is 14.6. The van der Waals surface area contributed by atoms with E-state index in [0.717, 1.165) is 10.6 Å². The number of likely N-dealkylation sites (N-methyl/N-ethyl adjacent to an activating group) is 1. The number of rotatable bonds is 8. The van der Waals surface area contributed by atoms with Crippen LogP contribution in [0.1, 0.15) is 12.6 Å². The second-order valence-electron chi connectivity index (χ2n) is 5.72. The highest BCUT2D eigenvalue weighted by Crippen LogP contribution is 2.19. The number of quaternary nitrogens is 1. The Morgan fingerprint density at radius 1 is 1.38 bits per heavy atom. The molecule has 0 aliphatic rings. The Morgan fingerprint density at radius 3 is 2.81 bits per heavy atom. The highest BCUT2D eigenvalue weighted by atomic mass is 35.5. The van der Waals surface area contributed by atoms with Crippen molar-refractivity contribution in [3.05, 3.63) is 44.3 Å². The number of ether oxygens (including phenoxy) is 1. The predicted molar refractivity (Wildman–Crippen MR) is 105 cm³/mol. The molecule has 0 saturated heterocycles. The van der Waals surface area contributed by atoms with Gasteiger partial charge in [-0.2, -0.15) is 0 Å². The number of carbonyl (C=O) groups is 2. The number of carbonyl (C=O) groups excluding carboxylic acids is 2. The van der Waals surface area contributed by atoms with Crippen molar-refractivity contribution in [2.24, 2.45) is 0 Å². The average Bonchev–Trinajstić information content (AvgIpc) is 2.90. The fourth-order valence-electron chi connectivity index (χ4n) is 2.38. The first-order valence-electron chi connectivity index (χ1n) is 8.09. The summed E-state index contributed by atoms with van der Waals surface area (Å²) < 4.78 is 7.52. The van der Waals surface area contributed by atoms with E-state index in [0.29, 0.717) is 27.9 Å². The molecule has 1 heterocycles. The summed E-state index contributed by atoms with van der Waals surface area (Å²) in [6.45, 7) is 2.83. The summed E-state index contributed by atoms with van der Waals surface area (Å²) in [5, 5.41) is 5.15. The number of thiazole rings is 1. The summed E-state index contributed by atoms with van der Waals surface area (Å²) in [5.41, 5.74) is 1.38. The molecule has 2 rings (SSSR count). The van der Waals surface area contributed by atoms with Crippen LogP contribution in [-0.2, 0) is 27.4 Å². The quantitative estimate of drug-likeness (QED) is 0.513. The minimum Gasteiger partial charge on any atom is -0.466 e. The third-order valence-electron chi connectivity index (χ3n) is 3.53. The summed E-state index contributed by atoms with van der Waals surface area (Å²) in [5.74, 6) is -0.438. The van der Waals surface area contributed by atoms with E-state index in [4.69, 9.17) is 28.6 Å². The molecule has 0 aliphatic carbocycles. The van der Waals surface area contributed by atoms with Gasteiger partial charge in [0.15, 0.2) is 17.2 Å². The van der Waals surface area contributed by atoms with Crippen LogP contribution < -0.4 is 10.2 Å². The number of para-hydroxylation sites is 1. The molecule has 0 bridgehead atoms. The van der Waals surface area contributed by atoms with Gasteiger partial charge in [-0.1, -0.05) is 23.7 Å². The lowest BCUT2D eigenvalue weighted by Crippen LogP contribution is -3.09. The standard InChI is InChI=1S/C17H20ClN3O3S2/c1-3-24-16(23)8-12-10-26-17(25)21(12)11-20(2)9-15(22)19-14-7-5-4-6-13(14)18/h4-7,10H,3,8-9,11H2,1-2H3,(H,19,22)/p+1. The van der Waals surface area contributed by atoms with Gasteiger partial charge < -0.3 is 15.0 Å². The molecule has 0 fully saturated rings. The van der Waals surface area contributed by atoms with Crippen molar-refractivity contribution in [3.63, 3.8) is 0 Å². The van der Waals surface area contributed by atoms with Crippen LogP contribution in [-0.4, -0.2) is 36.6 Å². The van der Waals surface area contributed by atoms with Gasteiger partial charge in [0.25, 0.3) is 5.91 Å². The van der Waals surface area contributed by atoms with E-state index < -0.39 is 0 Å². The van der Waals surface area contributed by atoms with Crippen LogP contribution in [0.2, 0.25) is 5.02 Å². The van der Waals surface area contributed by atoms with Crippen LogP contribution in [0.4, 0.5) is 5.69 Å². The molecule has 1 aromatic carbocycles. The van der Waals surface area contributed by atoms with E-state index in [1.165, 1.54) is 11.3 Å². The zero-order valence-corrected chi connectivity index (χ0v) is 17.0. The lowest BCUT2D eigenvalue weighted by molar-refractivity contribution is -0.894. The first-order valence-corrected chi connectivity index (χ1v) is 9.75. The second kappa shape index (κ2) is 9.82. The number of esters is 1. The van der Waals surface area contributed by atoms with Crippen molar-refractivity contribution in [3.8, 4) is 0 Å². The molecule has 1 atom stereocenters. The maximum atomic E-state index is 12.2. The Balaban J connectivity index is 1.97. The molecule has 26 heavy (non-hydrogen) atoms. The molecule has 0 aliphatic heterocycles. The molecule has 140 valence electrons. The number of benzene rings is 1. The van der Waals surface area contributed by atoms with Gasteiger partial charge in [-0.05, 0) is 31.3 Å². The topological polar surface area (TPSA) is 64.8 Å². The molecular formula is C17H21ClN3O3S2+. The van der Waals surface area contributed by atoms with Gasteiger partial charge >= 0.3 is 5.97 Å². The fourth-order valence-corrected chi connectivity index (χ4v) is 3.65. The molecule has 0 radical (unpaired) electrons. The van der Waals surface area contributed by atoms with Crippen molar-refractivity contribution in [2.75, 3.05) is 25.5 Å². The number of amides is 1. The molecule has 0 spiro atoms. The SMILES string of the molecule is CCOC(=O)Cc1csc(=S)n1C[NH+](C)CC(=O)Nc1ccccc1Cl. The van der Waals surface area contributed by atoms with Gasteiger partial charge in [0, 0.05) is 11.1 Å². The Morgan fingerprint density at radius 2 is 2.12 bits per heavy atom. The van der Waals surface area contributed by atoms with Gasteiger partial charge in [0.2, 0.25) is 0 Å². The van der Waals surface area contributed by atoms with Crippen LogP contribution >= 0.6 is 35.2 Å². The maximum Gasteiger partial charge on any atom is 0.311 e. The Bertz CT molecular complexity index is 835. The number of nitrogens with zero attached hydrogens (tertiary/aromatic N) is 1. The highest BCUT2D eigenvalue weighted by molar-refractivity contribution is 7.73. The van der Waals surface area contributed by atoms with Gasteiger partial charge in [0.05, 0.1) is 30.8 Å². The van der Waals surface area contributed by atoms with Crippen molar-refractivity contribution in [1.82, 2.24) is 4.57 Å². The van der Waals surface area contributed by atoms with E-state index >= 15 is 0 Å². The minimum atomic E-state index is -0.289. The molecule has 9 heteroatoms. The Kier molecular flexibility index (Phi) is 7.77. The normalized spacial score (nSPS) is 11.8. The molecule has 6 nitrogen and oxygen atoms in total. The zero-order chi connectivity index (χ0) is 19.1. The minimum absolute atomic E-state index is 0.149. The maximum absolute atomic E-state index is 12.2. The monoisotopic (exact) mass is 414 g/mol. The summed E-state index contributed by atoms with van der Waals surface area (Å²) in [4.78, 5) is 24.9. The molecular weight excluding hydrogens is 394 g/mol. The lowest BCUT2D eigenvalue weighted by Gasteiger charge is -2.16. The van der Waals surface area contributed by atoms with Crippen molar-refractivity contribution in [2.45, 2.75) is 20.0 Å². The Hall–Kier alpha value is -1.74. The third kappa shape index (κ3) is 5.91. The van der Waals surface area contributed by atoms with E-state index in [-0.39, 0.29) is 24.8 Å². The van der Waals surface area contributed by atoms with Gasteiger partial charge in [-0.15, -0.1) is 11.3 Å². The third-order valence-corrected chi connectivity index (χ3v) is 5.18. The predicted octanol–water partition coefficient (Wildman–Crippen LogP) is 2.15. The number of halogens is 1. The molecule has 1 amide bonds. The smallest absolute Gasteiger partial charge is 0.311 e. The van der Waals surface area contributed by atoms with Crippen molar-refractivity contribution >= 4 is 52.7 Å². The number of hydrogen-bond acceptors (Lipinski definition) is 5. The Labute approximate surface area is 166 Å². The molecule has 0 saturated carbocycles. The van der Waals surface area contributed by atoms with E-state index in [9.17, 15) is 9.59 Å². The van der Waals surface area contributed by atoms with Crippen LogP contribution in [0.5, 0.6) is 0 Å². The van der Waals surface area contributed by atoms with E-state index in [1.54, 1.807) is 25.1 Å². The molecule has 2 N–H and O–H groups in total. The summed E-state index contributed by atoms with van der Waals surface area (Å²) in [7, 11) is 1.89. The van der Waals surface area contributed by atoms with Crippen LogP contribution in [0.3, 0.4) is 0 Å². The lowest BCUT2D eigenvalue weighted by atomic mass is 10.3. The van der Waals surface area contributed by atoms with E-state index in [2.05, 4.69) is 5.32 Å². The number of aromatic nitrogens is 1. The molecule has 1 aromatic heterocycles. The molecule has 1 unspecified atom stereocenters. The van der Waals surface area contributed by atoms with Crippen LogP contribution in [0.15, 0.2) is 29.6 Å². The largest absolute Gasteiger partial charge is 0.466 e. The van der Waals surface area contributed by atoms with Gasteiger partial charge in [0.1, 0.15) is 0 Å². The second-order valence-corrected chi connectivity index (χ2v) is 7.63. The summed E-state index contributed by atoms with van der Waals surface area (Å²) in [6, 6.07) is 7.09. The van der Waals surface area contributed by atoms with Crippen molar-refractivity contribution < 1.29 is 19.2 Å². The van der Waals surface area contributed by atoms with Gasteiger partial charge in [-0.25, -0.2) is 0 Å². The van der Waals surface area contributed by atoms with Crippen LogP contribution in [0, 0.1) is 3.95 Å². The van der Waals surface area contributed by atoms with E-state index in [1.807, 2.05) is 23.1 Å². The summed E-state index contributed by atoms with van der Waals surface area (Å²) in [6.07, 6.45) is 0.167. The average molecular weight is 415 g/mol. The molecule has 2 aromatic rings. The fraction of sp³-hybridized carbons (Fsp3) is 0.353. The summed E-state index contributed by atoms with van der Waals surface area (Å²) >= 11 is 12.8. The first kappa shape index (κ1) is 20.6. The first-order chi connectivity index (χ1) is 12.4. The van der Waals surface area contributed by atoms with Crippen LogP contribution in [0.25, 0.3) is 0 Å².